The zero-order valence-electron chi connectivity index (χ0n) is 22.7. The van der Waals surface area contributed by atoms with Crippen molar-refractivity contribution in [2.75, 3.05) is 32.6 Å². The molecule has 41 heavy (non-hydrogen) atoms. The van der Waals surface area contributed by atoms with Crippen LogP contribution < -0.4 is 29.6 Å². The average molecular weight is 565 g/mol. The maximum atomic E-state index is 15.1. The molecule has 11 heteroatoms. The van der Waals surface area contributed by atoms with Crippen molar-refractivity contribution in [3.8, 4) is 28.7 Å². The summed E-state index contributed by atoms with van der Waals surface area (Å²) >= 11 is 0. The molecule has 1 saturated carbocycles. The van der Waals surface area contributed by atoms with Gasteiger partial charge in [0.05, 0.1) is 30.9 Å². The van der Waals surface area contributed by atoms with E-state index >= 15 is 8.78 Å². The number of hydrogen-bond acceptors (Lipinski definition) is 8. The topological polar surface area (TPSA) is 104 Å². The number of carbonyl (C=O) groups excluding carboxylic acids is 1. The van der Waals surface area contributed by atoms with Crippen molar-refractivity contribution < 1.29 is 32.5 Å². The number of rotatable bonds is 12. The number of fused-ring (bicyclic) bond motifs is 1. The van der Waals surface area contributed by atoms with Crippen LogP contribution in [-0.2, 0) is 0 Å². The van der Waals surface area contributed by atoms with Gasteiger partial charge in [0.2, 0.25) is 0 Å². The summed E-state index contributed by atoms with van der Waals surface area (Å²) in [6.45, 7) is 1.26. The molecule has 2 heterocycles. The molecule has 0 atom stereocenters. The van der Waals surface area contributed by atoms with Gasteiger partial charge in [0.1, 0.15) is 11.5 Å². The summed E-state index contributed by atoms with van der Waals surface area (Å²) in [6.07, 6.45) is 8.07. The SMILES string of the molecule is CNCCCOc1cc2nccc(Oc3c(F)cc(NC(=O)c4cnccc4OC4CCC4)cc3F)c2cc1OC. The molecule has 5 rings (SSSR count). The standard InChI is InChI=1S/C30H30F2N4O5/c1-33-9-4-12-39-28-16-24-20(15-27(28)38-2)25(8-11-35-24)41-29-22(31)13-18(14-23(29)32)36-30(37)21-17-34-10-7-26(21)40-19-5-3-6-19/h7-8,10-11,13-17,19,33H,3-6,9,12H2,1-2H3,(H,36,37). The van der Waals surface area contributed by atoms with Crippen molar-refractivity contribution >= 4 is 22.5 Å². The predicted molar refractivity (Wildman–Crippen MR) is 149 cm³/mol. The normalized spacial score (nSPS) is 13.0. The number of aromatic nitrogens is 2. The van der Waals surface area contributed by atoms with Crippen LogP contribution in [0.1, 0.15) is 36.0 Å². The van der Waals surface area contributed by atoms with Gasteiger partial charge in [-0.3, -0.25) is 14.8 Å². The van der Waals surface area contributed by atoms with E-state index in [2.05, 4.69) is 20.6 Å². The number of hydrogen-bond donors (Lipinski definition) is 2. The van der Waals surface area contributed by atoms with E-state index in [1.165, 1.54) is 31.8 Å². The number of benzene rings is 2. The van der Waals surface area contributed by atoms with Gasteiger partial charge in [0, 0.05) is 47.9 Å². The lowest BCUT2D eigenvalue weighted by molar-refractivity contribution is 0.0991. The van der Waals surface area contributed by atoms with Crippen molar-refractivity contribution in [3.63, 3.8) is 0 Å². The fraction of sp³-hybridized carbons (Fsp3) is 0.300. The van der Waals surface area contributed by atoms with Crippen LogP contribution in [0.4, 0.5) is 14.5 Å². The molecule has 0 unspecified atom stereocenters. The summed E-state index contributed by atoms with van der Waals surface area (Å²) < 4.78 is 53.2. The van der Waals surface area contributed by atoms with E-state index in [9.17, 15) is 4.79 Å². The molecule has 0 radical (unpaired) electrons. The third-order valence-electron chi connectivity index (χ3n) is 6.66. The van der Waals surface area contributed by atoms with Crippen LogP contribution in [0.2, 0.25) is 0 Å². The first-order valence-corrected chi connectivity index (χ1v) is 13.3. The van der Waals surface area contributed by atoms with E-state index in [4.69, 9.17) is 18.9 Å². The van der Waals surface area contributed by atoms with Gasteiger partial charge in [0.15, 0.2) is 28.9 Å². The molecule has 1 amide bonds. The molecule has 214 valence electrons. The summed E-state index contributed by atoms with van der Waals surface area (Å²) in [5, 5.41) is 6.04. The van der Waals surface area contributed by atoms with E-state index < -0.39 is 23.3 Å². The third kappa shape index (κ3) is 6.46. The molecule has 1 aliphatic rings. The highest BCUT2D eigenvalue weighted by molar-refractivity contribution is 6.06. The van der Waals surface area contributed by atoms with E-state index in [0.717, 1.165) is 44.4 Å². The van der Waals surface area contributed by atoms with Crippen LogP contribution in [0.15, 0.2) is 55.0 Å². The molecular formula is C30H30F2N4O5. The highest BCUT2D eigenvalue weighted by atomic mass is 19.1. The van der Waals surface area contributed by atoms with E-state index in [-0.39, 0.29) is 23.1 Å². The van der Waals surface area contributed by atoms with Gasteiger partial charge in [0.25, 0.3) is 5.91 Å². The average Bonchev–Trinajstić information content (AvgIpc) is 2.94. The molecule has 4 aromatic rings. The Morgan fingerprint density at radius 3 is 2.51 bits per heavy atom. The molecule has 1 fully saturated rings. The summed E-state index contributed by atoms with van der Waals surface area (Å²) in [7, 11) is 3.36. The predicted octanol–water partition coefficient (Wildman–Crippen LogP) is 5.88. The molecule has 0 bridgehead atoms. The third-order valence-corrected chi connectivity index (χ3v) is 6.66. The number of anilines is 1. The van der Waals surface area contributed by atoms with Gasteiger partial charge in [-0.05, 0) is 57.5 Å². The Bertz CT molecular complexity index is 1520. The number of nitrogens with zero attached hydrogens (tertiary/aromatic N) is 2. The lowest BCUT2D eigenvalue weighted by atomic mass is 9.96. The fourth-order valence-corrected chi connectivity index (χ4v) is 4.28. The minimum absolute atomic E-state index is 0.0435. The minimum Gasteiger partial charge on any atom is -0.493 e. The Labute approximate surface area is 235 Å². The van der Waals surface area contributed by atoms with Gasteiger partial charge in [-0.25, -0.2) is 8.78 Å². The Morgan fingerprint density at radius 1 is 1.02 bits per heavy atom. The second-order valence-corrected chi connectivity index (χ2v) is 9.50. The van der Waals surface area contributed by atoms with Gasteiger partial charge in [-0.2, -0.15) is 0 Å². The van der Waals surface area contributed by atoms with Crippen LogP contribution in [-0.4, -0.2) is 49.3 Å². The number of amides is 1. The molecule has 0 saturated heterocycles. The molecule has 2 N–H and O–H groups in total. The molecule has 0 spiro atoms. The molecular weight excluding hydrogens is 534 g/mol. The van der Waals surface area contributed by atoms with Crippen molar-refractivity contribution in [1.82, 2.24) is 15.3 Å². The first-order chi connectivity index (χ1) is 20.0. The Morgan fingerprint density at radius 2 is 1.80 bits per heavy atom. The lowest BCUT2D eigenvalue weighted by Crippen LogP contribution is -2.26. The molecule has 2 aromatic carbocycles. The zero-order chi connectivity index (χ0) is 28.8. The maximum Gasteiger partial charge on any atom is 0.261 e. The van der Waals surface area contributed by atoms with Gasteiger partial charge in [-0.15, -0.1) is 0 Å². The van der Waals surface area contributed by atoms with Gasteiger partial charge in [-0.1, -0.05) is 0 Å². The fourth-order valence-electron chi connectivity index (χ4n) is 4.28. The molecule has 0 aliphatic heterocycles. The summed E-state index contributed by atoms with van der Waals surface area (Å²) in [5.74, 6) is -1.78. The second-order valence-electron chi connectivity index (χ2n) is 9.50. The Hall–Kier alpha value is -4.51. The number of nitrogens with one attached hydrogen (secondary N) is 2. The molecule has 1 aliphatic carbocycles. The zero-order valence-corrected chi connectivity index (χ0v) is 22.7. The van der Waals surface area contributed by atoms with E-state index in [1.807, 2.05) is 7.05 Å². The van der Waals surface area contributed by atoms with Crippen molar-refractivity contribution in [2.45, 2.75) is 31.8 Å². The summed E-state index contributed by atoms with van der Waals surface area (Å²) in [4.78, 5) is 21.2. The van der Waals surface area contributed by atoms with E-state index in [1.54, 1.807) is 18.2 Å². The van der Waals surface area contributed by atoms with Crippen LogP contribution in [0.5, 0.6) is 28.7 Å². The van der Waals surface area contributed by atoms with E-state index in [0.29, 0.717) is 34.8 Å². The van der Waals surface area contributed by atoms with Gasteiger partial charge < -0.3 is 29.6 Å². The van der Waals surface area contributed by atoms with Crippen LogP contribution in [0.3, 0.4) is 0 Å². The van der Waals surface area contributed by atoms with Crippen molar-refractivity contribution in [2.24, 2.45) is 0 Å². The quantitative estimate of drug-likeness (QED) is 0.206. The number of ether oxygens (including phenoxy) is 4. The largest absolute Gasteiger partial charge is 0.493 e. The van der Waals surface area contributed by atoms with Gasteiger partial charge >= 0.3 is 0 Å². The lowest BCUT2D eigenvalue weighted by Gasteiger charge is -2.27. The van der Waals surface area contributed by atoms with Crippen LogP contribution in [0.25, 0.3) is 10.9 Å². The number of pyridine rings is 2. The molecule has 9 nitrogen and oxygen atoms in total. The number of halogens is 2. The number of carbonyl (C=O) groups is 1. The maximum absolute atomic E-state index is 15.1. The van der Waals surface area contributed by atoms with Crippen molar-refractivity contribution in [3.05, 3.63) is 72.2 Å². The highest BCUT2D eigenvalue weighted by Crippen LogP contribution is 2.39. The van der Waals surface area contributed by atoms with Crippen LogP contribution in [0, 0.1) is 11.6 Å². The smallest absolute Gasteiger partial charge is 0.261 e. The monoisotopic (exact) mass is 564 g/mol. The first-order valence-electron chi connectivity index (χ1n) is 13.3. The summed E-state index contributed by atoms with van der Waals surface area (Å²) in [6, 6.07) is 8.40. The van der Waals surface area contributed by atoms with Crippen LogP contribution >= 0.6 is 0 Å². The Kier molecular flexibility index (Phi) is 8.73. The number of methoxy groups -OCH3 is 1. The highest BCUT2D eigenvalue weighted by Gasteiger charge is 2.23. The Balaban J connectivity index is 1.35. The first kappa shape index (κ1) is 28.0. The minimum atomic E-state index is -1.00. The summed E-state index contributed by atoms with van der Waals surface area (Å²) in [5.41, 5.74) is 0.577. The molecule has 2 aromatic heterocycles. The second kappa shape index (κ2) is 12.8. The van der Waals surface area contributed by atoms with Crippen molar-refractivity contribution in [1.29, 1.82) is 0 Å².